The average Bonchev–Trinajstić information content (AvgIpc) is 2.43. The summed E-state index contributed by atoms with van der Waals surface area (Å²) in [5, 5.41) is 22.3. The molecule has 1 N–H and O–H groups in total. The number of nitrogens with zero attached hydrogens (tertiary/aromatic N) is 3. The van der Waals surface area contributed by atoms with Gasteiger partial charge in [-0.05, 0) is 19.1 Å². The van der Waals surface area contributed by atoms with Gasteiger partial charge in [0.15, 0.2) is 0 Å². The Kier molecular flexibility index (Phi) is 4.01. The zero-order chi connectivity index (χ0) is 14.5. The summed E-state index contributed by atoms with van der Waals surface area (Å²) in [5.74, 6) is 0.236. The molecule has 2 aromatic rings. The van der Waals surface area contributed by atoms with Gasteiger partial charge in [0.25, 0.3) is 5.56 Å². The van der Waals surface area contributed by atoms with Crippen molar-refractivity contribution in [3.8, 4) is 23.3 Å². The fourth-order valence-corrected chi connectivity index (χ4v) is 1.77. The normalized spacial score (nSPS) is 10.0. The van der Waals surface area contributed by atoms with E-state index in [1.807, 2.05) is 13.0 Å². The Morgan fingerprint density at radius 2 is 2.20 bits per heavy atom. The van der Waals surface area contributed by atoms with Crippen LogP contribution in [0.25, 0.3) is 5.69 Å². The Balaban J connectivity index is 2.61. The zero-order valence-electron chi connectivity index (χ0n) is 10.9. The molecule has 2 rings (SSSR count). The van der Waals surface area contributed by atoms with Gasteiger partial charge in [-0.3, -0.25) is 4.79 Å². The van der Waals surface area contributed by atoms with Crippen molar-refractivity contribution in [3.05, 3.63) is 46.4 Å². The van der Waals surface area contributed by atoms with E-state index in [9.17, 15) is 9.90 Å². The molecule has 6 nitrogen and oxygen atoms in total. The van der Waals surface area contributed by atoms with Gasteiger partial charge >= 0.3 is 0 Å². The fourth-order valence-electron chi connectivity index (χ4n) is 1.77. The van der Waals surface area contributed by atoms with Crippen molar-refractivity contribution >= 4 is 0 Å². The third-order valence-electron chi connectivity index (χ3n) is 2.63. The van der Waals surface area contributed by atoms with Crippen LogP contribution in [0.3, 0.4) is 0 Å². The molecular formula is C14H13N3O3. The van der Waals surface area contributed by atoms with Crippen molar-refractivity contribution < 1.29 is 9.84 Å². The molecule has 0 radical (unpaired) electrons. The molecule has 1 heterocycles. The number of nitriles is 1. The predicted molar refractivity (Wildman–Crippen MR) is 72.0 cm³/mol. The van der Waals surface area contributed by atoms with Gasteiger partial charge in [-0.15, -0.1) is 0 Å². The molecule has 0 spiro atoms. The number of hydrogen-bond acceptors (Lipinski definition) is 5. The summed E-state index contributed by atoms with van der Waals surface area (Å²) < 4.78 is 6.57. The highest BCUT2D eigenvalue weighted by molar-refractivity contribution is 5.46. The number of rotatable bonds is 4. The second kappa shape index (κ2) is 5.89. The molecule has 102 valence electrons. The van der Waals surface area contributed by atoms with Crippen LogP contribution in [0.5, 0.6) is 11.5 Å². The lowest BCUT2D eigenvalue weighted by Crippen LogP contribution is -2.22. The first-order valence-corrected chi connectivity index (χ1v) is 6.08. The number of aromatic hydroxyl groups is 1. The molecule has 0 aliphatic carbocycles. The molecule has 0 aliphatic rings. The van der Waals surface area contributed by atoms with Crippen LogP contribution < -0.4 is 10.3 Å². The van der Waals surface area contributed by atoms with Crippen molar-refractivity contribution in [1.82, 2.24) is 9.78 Å². The molecule has 0 bridgehead atoms. The average molecular weight is 271 g/mol. The number of hydrogen-bond donors (Lipinski definition) is 1. The van der Waals surface area contributed by atoms with Gasteiger partial charge in [0.05, 0.1) is 19.1 Å². The first-order valence-electron chi connectivity index (χ1n) is 6.08. The minimum atomic E-state index is -0.489. The summed E-state index contributed by atoms with van der Waals surface area (Å²) >= 11 is 0. The van der Waals surface area contributed by atoms with Gasteiger partial charge in [0, 0.05) is 6.07 Å². The standard InChI is InChI=1S/C14H13N3O3/c1-2-20-13-6-4-3-5-11(13)17-14(19)9-12(18)10(16-17)7-8-15/h3-6,9,18H,2,7H2,1H3. The van der Waals surface area contributed by atoms with Crippen molar-refractivity contribution in [1.29, 1.82) is 5.26 Å². The first-order chi connectivity index (χ1) is 9.67. The first kappa shape index (κ1) is 13.6. The summed E-state index contributed by atoms with van der Waals surface area (Å²) in [6, 6.07) is 9.89. The molecule has 0 fully saturated rings. The van der Waals surface area contributed by atoms with E-state index in [4.69, 9.17) is 10.00 Å². The number of aromatic nitrogens is 2. The fraction of sp³-hybridized carbons (Fsp3) is 0.214. The summed E-state index contributed by atoms with van der Waals surface area (Å²) in [4.78, 5) is 12.0. The van der Waals surface area contributed by atoms with E-state index in [2.05, 4.69) is 5.10 Å². The molecule has 20 heavy (non-hydrogen) atoms. The highest BCUT2D eigenvalue weighted by Gasteiger charge is 2.12. The van der Waals surface area contributed by atoms with E-state index in [-0.39, 0.29) is 17.9 Å². The van der Waals surface area contributed by atoms with E-state index in [1.54, 1.807) is 24.3 Å². The lowest BCUT2D eigenvalue weighted by atomic mass is 10.2. The zero-order valence-corrected chi connectivity index (χ0v) is 10.9. The van der Waals surface area contributed by atoms with Crippen LogP contribution >= 0.6 is 0 Å². The van der Waals surface area contributed by atoms with Crippen molar-refractivity contribution in [2.45, 2.75) is 13.3 Å². The lowest BCUT2D eigenvalue weighted by molar-refractivity contribution is 0.337. The number of para-hydroxylation sites is 2. The van der Waals surface area contributed by atoms with E-state index in [0.29, 0.717) is 18.0 Å². The molecule has 0 saturated carbocycles. The number of benzene rings is 1. The molecule has 0 amide bonds. The van der Waals surface area contributed by atoms with Crippen LogP contribution in [0.1, 0.15) is 12.6 Å². The third kappa shape index (κ3) is 2.62. The van der Waals surface area contributed by atoms with E-state index >= 15 is 0 Å². The molecule has 1 aromatic heterocycles. The highest BCUT2D eigenvalue weighted by atomic mass is 16.5. The van der Waals surface area contributed by atoms with Crippen LogP contribution in [-0.2, 0) is 6.42 Å². The van der Waals surface area contributed by atoms with Gasteiger partial charge in [-0.25, -0.2) is 0 Å². The Morgan fingerprint density at radius 1 is 1.45 bits per heavy atom. The maximum atomic E-state index is 12.0. The Bertz CT molecular complexity index is 716. The topological polar surface area (TPSA) is 88.1 Å². The molecule has 0 atom stereocenters. The summed E-state index contributed by atoms with van der Waals surface area (Å²) in [7, 11) is 0. The quantitative estimate of drug-likeness (QED) is 0.908. The monoisotopic (exact) mass is 271 g/mol. The third-order valence-corrected chi connectivity index (χ3v) is 2.63. The van der Waals surface area contributed by atoms with E-state index < -0.39 is 5.56 Å². The van der Waals surface area contributed by atoms with Gasteiger partial charge < -0.3 is 9.84 Å². The lowest BCUT2D eigenvalue weighted by Gasteiger charge is -2.12. The maximum absolute atomic E-state index is 12.0. The minimum absolute atomic E-state index is 0.0804. The molecule has 0 saturated heterocycles. The van der Waals surface area contributed by atoms with Gasteiger partial charge in [-0.2, -0.15) is 15.0 Å². The van der Waals surface area contributed by atoms with Crippen LogP contribution in [0.2, 0.25) is 0 Å². The van der Waals surface area contributed by atoms with Crippen molar-refractivity contribution in [2.75, 3.05) is 6.61 Å². The molecular weight excluding hydrogens is 258 g/mol. The second-order valence-corrected chi connectivity index (χ2v) is 3.96. The van der Waals surface area contributed by atoms with Crippen molar-refractivity contribution in [2.24, 2.45) is 0 Å². The Labute approximate surface area is 115 Å². The smallest absolute Gasteiger partial charge is 0.275 e. The largest absolute Gasteiger partial charge is 0.506 e. The van der Waals surface area contributed by atoms with Crippen LogP contribution in [0.15, 0.2) is 35.1 Å². The van der Waals surface area contributed by atoms with Gasteiger partial charge in [-0.1, -0.05) is 12.1 Å². The molecule has 0 aliphatic heterocycles. The minimum Gasteiger partial charge on any atom is -0.506 e. The predicted octanol–water partition coefficient (Wildman–Crippen LogP) is 1.40. The van der Waals surface area contributed by atoms with Crippen molar-refractivity contribution in [3.63, 3.8) is 0 Å². The second-order valence-electron chi connectivity index (χ2n) is 3.96. The van der Waals surface area contributed by atoms with E-state index in [0.717, 1.165) is 10.7 Å². The Hall–Kier alpha value is -2.81. The van der Waals surface area contributed by atoms with Crippen LogP contribution in [-0.4, -0.2) is 21.5 Å². The highest BCUT2D eigenvalue weighted by Crippen LogP contribution is 2.21. The molecule has 0 unspecified atom stereocenters. The molecule has 1 aromatic carbocycles. The van der Waals surface area contributed by atoms with Gasteiger partial charge in [0.2, 0.25) is 0 Å². The van der Waals surface area contributed by atoms with E-state index in [1.165, 1.54) is 0 Å². The Morgan fingerprint density at radius 3 is 2.90 bits per heavy atom. The summed E-state index contributed by atoms with van der Waals surface area (Å²) in [6.07, 6.45) is -0.0804. The van der Waals surface area contributed by atoms with Crippen LogP contribution in [0, 0.1) is 11.3 Å². The van der Waals surface area contributed by atoms with Crippen LogP contribution in [0.4, 0.5) is 0 Å². The van der Waals surface area contributed by atoms with Gasteiger partial charge in [0.1, 0.15) is 22.9 Å². The molecule has 6 heteroatoms. The SMILES string of the molecule is CCOc1ccccc1-n1nc(CC#N)c(O)cc1=O. The summed E-state index contributed by atoms with van der Waals surface area (Å²) in [5.41, 5.74) is 0.133. The number of ether oxygens (including phenoxy) is 1. The summed E-state index contributed by atoms with van der Waals surface area (Å²) in [6.45, 7) is 2.29. The maximum Gasteiger partial charge on any atom is 0.275 e.